The second-order valence-corrected chi connectivity index (χ2v) is 5.16. The average molecular weight is 347 g/mol. The molecule has 0 aromatic carbocycles. The Kier molecular flexibility index (Phi) is 3.30. The molecule has 0 bridgehead atoms. The van der Waals surface area contributed by atoms with Crippen molar-refractivity contribution in [1.82, 2.24) is 14.1 Å². The van der Waals surface area contributed by atoms with Gasteiger partial charge in [0, 0.05) is 30.1 Å². The number of imidazole rings is 1. The van der Waals surface area contributed by atoms with Crippen LogP contribution < -0.4 is 5.56 Å². The molecule has 0 saturated heterocycles. The van der Waals surface area contributed by atoms with Crippen molar-refractivity contribution in [3.8, 4) is 0 Å². The van der Waals surface area contributed by atoms with Gasteiger partial charge in [-0.2, -0.15) is 0 Å². The number of halogens is 2. The zero-order valence-corrected chi connectivity index (χ0v) is 11.7. The molecule has 0 unspecified atom stereocenters. The lowest BCUT2D eigenvalue weighted by Crippen LogP contribution is -2.22. The topological polar surface area (TPSA) is 39.8 Å². The predicted molar refractivity (Wildman–Crippen MR) is 68.4 cm³/mol. The van der Waals surface area contributed by atoms with Crippen molar-refractivity contribution in [2.75, 3.05) is 0 Å². The summed E-state index contributed by atoms with van der Waals surface area (Å²) in [5, 5.41) is 0. The SMILES string of the molecule is Cn1ccnc1Cn1cc(Br)cc(Br)c1=O. The largest absolute Gasteiger partial charge is 0.337 e. The molecular weight excluding hydrogens is 338 g/mol. The smallest absolute Gasteiger partial charge is 0.265 e. The maximum absolute atomic E-state index is 11.8. The van der Waals surface area contributed by atoms with Crippen LogP contribution in [0.15, 0.2) is 38.4 Å². The molecule has 0 aliphatic rings. The first kappa shape index (κ1) is 11.6. The lowest BCUT2D eigenvalue weighted by molar-refractivity contribution is 0.674. The third-order valence-electron chi connectivity index (χ3n) is 2.24. The molecule has 0 saturated carbocycles. The van der Waals surface area contributed by atoms with Gasteiger partial charge in [0.25, 0.3) is 5.56 Å². The minimum atomic E-state index is -0.0637. The Morgan fingerprint density at radius 2 is 2.19 bits per heavy atom. The summed E-state index contributed by atoms with van der Waals surface area (Å²) in [6.45, 7) is 0.459. The minimum absolute atomic E-state index is 0.0637. The van der Waals surface area contributed by atoms with Crippen LogP contribution in [0.3, 0.4) is 0 Å². The van der Waals surface area contributed by atoms with Crippen LogP contribution in [0.1, 0.15) is 5.82 Å². The first-order valence-electron chi connectivity index (χ1n) is 4.59. The molecule has 2 rings (SSSR count). The highest BCUT2D eigenvalue weighted by Gasteiger charge is 2.06. The van der Waals surface area contributed by atoms with Crippen LogP contribution >= 0.6 is 31.9 Å². The second kappa shape index (κ2) is 4.55. The minimum Gasteiger partial charge on any atom is -0.337 e. The van der Waals surface area contributed by atoms with Crippen molar-refractivity contribution in [2.45, 2.75) is 6.54 Å². The fraction of sp³-hybridized carbons (Fsp3) is 0.200. The summed E-state index contributed by atoms with van der Waals surface area (Å²) in [6.07, 6.45) is 5.32. The van der Waals surface area contributed by atoms with Crippen molar-refractivity contribution in [3.05, 3.63) is 49.8 Å². The van der Waals surface area contributed by atoms with Gasteiger partial charge in [0.2, 0.25) is 0 Å². The molecule has 0 radical (unpaired) electrons. The van der Waals surface area contributed by atoms with E-state index in [4.69, 9.17) is 0 Å². The fourth-order valence-corrected chi connectivity index (χ4v) is 2.64. The van der Waals surface area contributed by atoms with Gasteiger partial charge in [-0.3, -0.25) is 4.79 Å². The van der Waals surface area contributed by atoms with E-state index in [1.165, 1.54) is 0 Å². The van der Waals surface area contributed by atoms with Crippen LogP contribution in [0.2, 0.25) is 0 Å². The van der Waals surface area contributed by atoms with Crippen molar-refractivity contribution >= 4 is 31.9 Å². The summed E-state index contributed by atoms with van der Waals surface area (Å²) in [6, 6.07) is 1.73. The molecule has 0 fully saturated rings. The normalized spacial score (nSPS) is 10.7. The van der Waals surface area contributed by atoms with E-state index in [0.29, 0.717) is 11.0 Å². The van der Waals surface area contributed by atoms with E-state index in [-0.39, 0.29) is 5.56 Å². The van der Waals surface area contributed by atoms with Crippen LogP contribution in [-0.2, 0) is 13.6 Å². The highest BCUT2D eigenvalue weighted by atomic mass is 79.9. The molecule has 0 aliphatic carbocycles. The number of rotatable bonds is 2. The Hall–Kier alpha value is -0.880. The van der Waals surface area contributed by atoms with Crippen LogP contribution in [-0.4, -0.2) is 14.1 Å². The summed E-state index contributed by atoms with van der Waals surface area (Å²) >= 11 is 6.58. The summed E-state index contributed by atoms with van der Waals surface area (Å²) in [5.41, 5.74) is -0.0637. The van der Waals surface area contributed by atoms with E-state index in [0.717, 1.165) is 10.3 Å². The molecule has 2 heterocycles. The molecule has 0 amide bonds. The zero-order chi connectivity index (χ0) is 11.7. The molecule has 0 N–H and O–H groups in total. The van der Waals surface area contributed by atoms with Crippen molar-refractivity contribution in [3.63, 3.8) is 0 Å². The van der Waals surface area contributed by atoms with Crippen LogP contribution in [0.5, 0.6) is 0 Å². The molecule has 0 spiro atoms. The Labute approximate surface area is 109 Å². The van der Waals surface area contributed by atoms with Gasteiger partial charge in [-0.1, -0.05) is 0 Å². The lowest BCUT2D eigenvalue weighted by Gasteiger charge is -2.07. The zero-order valence-electron chi connectivity index (χ0n) is 8.52. The van der Waals surface area contributed by atoms with Crippen molar-refractivity contribution in [2.24, 2.45) is 7.05 Å². The molecular formula is C10H9Br2N3O. The van der Waals surface area contributed by atoms with Gasteiger partial charge in [0.05, 0.1) is 11.0 Å². The van der Waals surface area contributed by atoms with Gasteiger partial charge >= 0.3 is 0 Å². The molecule has 0 atom stereocenters. The van der Waals surface area contributed by atoms with E-state index in [2.05, 4.69) is 36.8 Å². The number of hydrogen-bond donors (Lipinski definition) is 0. The molecule has 16 heavy (non-hydrogen) atoms. The first-order valence-corrected chi connectivity index (χ1v) is 6.18. The van der Waals surface area contributed by atoms with Gasteiger partial charge < -0.3 is 9.13 Å². The maximum Gasteiger partial charge on any atom is 0.265 e. The standard InChI is InChI=1S/C10H9Br2N3O/c1-14-3-2-13-9(14)6-15-5-7(11)4-8(12)10(15)16/h2-5H,6H2,1H3. The van der Waals surface area contributed by atoms with Crippen molar-refractivity contribution in [1.29, 1.82) is 0 Å². The maximum atomic E-state index is 11.8. The molecule has 0 aliphatic heterocycles. The average Bonchev–Trinajstić information content (AvgIpc) is 2.60. The summed E-state index contributed by atoms with van der Waals surface area (Å²) in [5.74, 6) is 0.840. The third kappa shape index (κ3) is 2.27. The van der Waals surface area contributed by atoms with E-state index in [1.54, 1.807) is 23.0 Å². The monoisotopic (exact) mass is 345 g/mol. The van der Waals surface area contributed by atoms with Crippen LogP contribution in [0.25, 0.3) is 0 Å². The van der Waals surface area contributed by atoms with Gasteiger partial charge in [-0.05, 0) is 37.9 Å². The Balaban J connectivity index is 2.43. The molecule has 2 aromatic rings. The molecule has 6 heteroatoms. The highest BCUT2D eigenvalue weighted by Crippen LogP contribution is 2.13. The highest BCUT2D eigenvalue weighted by molar-refractivity contribution is 9.11. The number of hydrogen-bond acceptors (Lipinski definition) is 2. The fourth-order valence-electron chi connectivity index (χ4n) is 1.38. The van der Waals surface area contributed by atoms with E-state index in [1.807, 2.05) is 17.8 Å². The number of pyridine rings is 1. The summed E-state index contributed by atoms with van der Waals surface area (Å²) < 4.78 is 4.89. The van der Waals surface area contributed by atoms with E-state index >= 15 is 0 Å². The van der Waals surface area contributed by atoms with Gasteiger partial charge in [0.15, 0.2) is 0 Å². The van der Waals surface area contributed by atoms with Gasteiger partial charge in [-0.15, -0.1) is 0 Å². The predicted octanol–water partition coefficient (Wildman–Crippen LogP) is 2.16. The van der Waals surface area contributed by atoms with E-state index in [9.17, 15) is 4.79 Å². The number of nitrogens with zero attached hydrogens (tertiary/aromatic N) is 3. The Morgan fingerprint density at radius 3 is 2.81 bits per heavy atom. The Bertz CT molecular complexity index is 574. The van der Waals surface area contributed by atoms with Crippen LogP contribution in [0, 0.1) is 0 Å². The lowest BCUT2D eigenvalue weighted by atomic mass is 10.4. The third-order valence-corrected chi connectivity index (χ3v) is 3.24. The molecule has 84 valence electrons. The van der Waals surface area contributed by atoms with Gasteiger partial charge in [0.1, 0.15) is 5.82 Å². The van der Waals surface area contributed by atoms with E-state index < -0.39 is 0 Å². The first-order chi connectivity index (χ1) is 7.58. The van der Waals surface area contributed by atoms with Crippen molar-refractivity contribution < 1.29 is 0 Å². The second-order valence-electron chi connectivity index (χ2n) is 3.39. The van der Waals surface area contributed by atoms with Gasteiger partial charge in [-0.25, -0.2) is 4.98 Å². The molecule has 2 aromatic heterocycles. The summed E-state index contributed by atoms with van der Waals surface area (Å²) in [7, 11) is 1.90. The number of aromatic nitrogens is 3. The summed E-state index contributed by atoms with van der Waals surface area (Å²) in [4.78, 5) is 16.0. The number of aryl methyl sites for hydroxylation is 1. The Morgan fingerprint density at radius 1 is 1.44 bits per heavy atom. The molecule has 4 nitrogen and oxygen atoms in total. The quantitative estimate of drug-likeness (QED) is 0.835. The van der Waals surface area contributed by atoms with Crippen LogP contribution in [0.4, 0.5) is 0 Å².